The lowest BCUT2D eigenvalue weighted by Gasteiger charge is -2.64. The molecule has 8 aliphatic carbocycles. The van der Waals surface area contributed by atoms with Crippen molar-refractivity contribution in [2.45, 2.75) is 194 Å². The number of aliphatic carboxylic acids is 1. The predicted octanol–water partition coefficient (Wildman–Crippen LogP) is 10.9. The summed E-state index contributed by atoms with van der Waals surface area (Å²) in [6.45, 7) is 17.5. The number of ketones is 1. The fraction of sp³-hybridized carbons (Fsp3) is 0.742. The number of amides is 1. The van der Waals surface area contributed by atoms with Crippen molar-refractivity contribution in [3.05, 3.63) is 52.6 Å². The van der Waals surface area contributed by atoms with E-state index in [2.05, 4.69) is 81.1 Å². The van der Waals surface area contributed by atoms with Gasteiger partial charge in [0, 0.05) is 49.4 Å². The Bertz CT molecular complexity index is 2450. The van der Waals surface area contributed by atoms with Crippen LogP contribution in [0.2, 0.25) is 0 Å². The number of anilines is 1. The monoisotopic (exact) mass is 1040 g/mol. The molecular weight excluding hydrogens is 949 g/mol. The molecule has 0 aromatic heterocycles. The fourth-order valence-electron chi connectivity index (χ4n) is 17.5. The van der Waals surface area contributed by atoms with E-state index in [1.54, 1.807) is 20.8 Å². The van der Waals surface area contributed by atoms with Crippen LogP contribution in [-0.2, 0) is 28.5 Å². The molecule has 0 radical (unpaired) electrons. The average Bonchev–Trinajstić information content (AvgIpc) is 3.85. The second-order valence-electron chi connectivity index (χ2n) is 26.2. The van der Waals surface area contributed by atoms with Crippen LogP contribution in [0, 0.1) is 75.4 Å². The van der Waals surface area contributed by atoms with Gasteiger partial charge >= 0.3 is 18.2 Å². The minimum atomic E-state index is -1.02. The number of alkyl carbamates (subject to hydrolysis) is 1. The Morgan fingerprint density at radius 2 is 1.69 bits per heavy atom. The van der Waals surface area contributed by atoms with E-state index < -0.39 is 47.0 Å². The number of allylic oxidation sites excluding steroid dienone is 4. The number of carbonyl (C=O) groups is 4. The molecule has 8 aliphatic rings. The summed E-state index contributed by atoms with van der Waals surface area (Å²) in [6, 6.07) is 9.00. The van der Waals surface area contributed by atoms with Crippen molar-refractivity contribution in [1.29, 1.82) is 0 Å². The molecule has 6 saturated carbocycles. The Morgan fingerprint density at radius 1 is 0.933 bits per heavy atom. The molecule has 0 spiro atoms. The van der Waals surface area contributed by atoms with Crippen molar-refractivity contribution in [2.24, 2.45) is 63.6 Å². The third-order valence-electron chi connectivity index (χ3n) is 21.3. The number of benzene rings is 1. The summed E-state index contributed by atoms with van der Waals surface area (Å²) >= 11 is 0. The summed E-state index contributed by atoms with van der Waals surface area (Å²) in [7, 11) is 2.11. The Kier molecular flexibility index (Phi) is 15.8. The SMILES string of the molecule is CC#C[C@]1(O)CC[C@H]2[C@@H]3CCC4=CC(=O)CCC4=C3[C@@H](c3ccc(N(C)CCO[C@H]4CC[C@@]5(C)[C@@H](C4)C[C@@H](OC(=O)OCCNC(=O)OC(C)(C)C)[C@@H]4[C@@H]5C[C@H](O)[C@]5(C)[C@@H]([C@H](C)CCC(=O)O)CC[C@@H]45)cc3)C[C@@]21C. The molecule has 0 bridgehead atoms. The molecule has 1 aromatic carbocycles. The number of hydrogen-bond acceptors (Lipinski definition) is 11. The first-order chi connectivity index (χ1) is 35.5. The number of fused-ring (bicyclic) bond motifs is 9. The smallest absolute Gasteiger partial charge is 0.481 e. The van der Waals surface area contributed by atoms with Gasteiger partial charge in [-0.2, -0.15) is 0 Å². The average molecular weight is 1040 g/mol. The van der Waals surface area contributed by atoms with E-state index in [0.29, 0.717) is 57.1 Å². The number of nitrogens with one attached hydrogen (secondary N) is 1. The van der Waals surface area contributed by atoms with Crippen LogP contribution in [0.15, 0.2) is 47.1 Å². The summed E-state index contributed by atoms with van der Waals surface area (Å²) in [6.07, 6.45) is 11.8. The van der Waals surface area contributed by atoms with Gasteiger partial charge in [0.1, 0.15) is 23.9 Å². The van der Waals surface area contributed by atoms with E-state index in [0.717, 1.165) is 69.9 Å². The molecule has 1 amide bonds. The predicted molar refractivity (Wildman–Crippen MR) is 287 cm³/mol. The van der Waals surface area contributed by atoms with Crippen LogP contribution >= 0.6 is 0 Å². The number of carboxylic acid groups (broad SMARTS) is 1. The van der Waals surface area contributed by atoms with E-state index >= 15 is 0 Å². The van der Waals surface area contributed by atoms with Crippen molar-refractivity contribution in [2.75, 3.05) is 38.3 Å². The van der Waals surface area contributed by atoms with Gasteiger partial charge in [-0.05, 0) is 205 Å². The maximum absolute atomic E-state index is 13.6. The Balaban J connectivity index is 0.867. The highest BCUT2D eigenvalue weighted by molar-refractivity contribution is 5.93. The van der Waals surface area contributed by atoms with E-state index in [1.807, 2.05) is 13.0 Å². The number of ether oxygens (including phenoxy) is 4. The van der Waals surface area contributed by atoms with Crippen LogP contribution in [0.3, 0.4) is 0 Å². The molecule has 412 valence electrons. The zero-order chi connectivity index (χ0) is 53.8. The third kappa shape index (κ3) is 10.6. The number of hydrogen-bond donors (Lipinski definition) is 4. The van der Waals surface area contributed by atoms with Gasteiger partial charge in [-0.15, -0.1) is 5.92 Å². The standard InChI is InChI=1S/C62H88N2O11/c1-10-25-62(71)27-24-48-45-18-14-39-32-42(65)17-19-44(39)54(45)46(36-60(48,62)7)38-12-15-41(16-13-38)64(9)29-31-72-43-23-26-59(6)40(33-43)34-51(74-57(70)73-30-28-63-56(69)75-58(3,4)5)55-49-21-20-47(37(2)11-22-53(67)68)61(49,8)52(66)35-50(55)59/h12-13,15-16,32,37,40,43,45-52,55,66,71H,11,14,17-24,26-31,33-36H2,1-9H3,(H,63,69)(H,67,68)/t37-,40+,43+,45+,46-,47-,48+,49+,50+,51-,52+,55+,59+,60+,61-,62+/m1/s1. The van der Waals surface area contributed by atoms with Crippen LogP contribution in [0.5, 0.6) is 0 Å². The first-order valence-corrected chi connectivity index (χ1v) is 28.8. The van der Waals surface area contributed by atoms with Gasteiger partial charge in [0.25, 0.3) is 0 Å². The molecule has 1 aromatic rings. The van der Waals surface area contributed by atoms with E-state index in [9.17, 15) is 34.5 Å². The highest BCUT2D eigenvalue weighted by Gasteiger charge is 2.67. The normalized spacial score (nSPS) is 38.1. The van der Waals surface area contributed by atoms with Gasteiger partial charge in [0.15, 0.2) is 5.78 Å². The lowest BCUT2D eigenvalue weighted by Crippen LogP contribution is -2.63. The zero-order valence-corrected chi connectivity index (χ0v) is 46.5. The topological polar surface area (TPSA) is 181 Å². The summed E-state index contributed by atoms with van der Waals surface area (Å²) < 4.78 is 24.1. The minimum absolute atomic E-state index is 0.00868. The highest BCUT2D eigenvalue weighted by Crippen LogP contribution is 2.70. The van der Waals surface area contributed by atoms with Gasteiger partial charge in [-0.1, -0.05) is 51.3 Å². The van der Waals surface area contributed by atoms with Crippen molar-refractivity contribution in [3.8, 4) is 11.8 Å². The lowest BCUT2D eigenvalue weighted by molar-refractivity contribution is -0.211. The third-order valence-corrected chi connectivity index (χ3v) is 21.3. The Labute approximate surface area is 446 Å². The molecule has 0 aliphatic heterocycles. The largest absolute Gasteiger partial charge is 0.508 e. The Hall–Kier alpha value is -4.38. The lowest BCUT2D eigenvalue weighted by atomic mass is 9.43. The fourth-order valence-corrected chi connectivity index (χ4v) is 17.5. The van der Waals surface area contributed by atoms with Crippen molar-refractivity contribution >= 4 is 29.7 Å². The zero-order valence-electron chi connectivity index (χ0n) is 46.5. The summed E-state index contributed by atoms with van der Waals surface area (Å²) in [4.78, 5) is 52.3. The number of carboxylic acids is 1. The van der Waals surface area contributed by atoms with Crippen LogP contribution in [0.1, 0.15) is 170 Å². The quantitative estimate of drug-likeness (QED) is 0.0788. The number of likely N-dealkylation sites (N-methyl/N-ethyl adjacent to an activating group) is 1. The summed E-state index contributed by atoms with van der Waals surface area (Å²) in [5, 5.41) is 36.7. The molecule has 13 heteroatoms. The van der Waals surface area contributed by atoms with Crippen LogP contribution in [0.4, 0.5) is 15.3 Å². The first kappa shape index (κ1) is 55.4. The van der Waals surface area contributed by atoms with Crippen LogP contribution in [0.25, 0.3) is 0 Å². The van der Waals surface area contributed by atoms with E-state index in [4.69, 9.17) is 18.9 Å². The van der Waals surface area contributed by atoms with Gasteiger partial charge in [0.05, 0.1) is 25.4 Å². The molecule has 9 rings (SSSR count). The maximum atomic E-state index is 13.6. The molecule has 0 saturated heterocycles. The number of carbonyl (C=O) groups excluding carboxylic acids is 3. The number of rotatable bonds is 14. The van der Waals surface area contributed by atoms with Crippen LogP contribution in [-0.4, -0.2) is 102 Å². The molecule has 4 N–H and O–H groups in total. The van der Waals surface area contributed by atoms with Gasteiger partial charge < -0.3 is 44.5 Å². The number of aliphatic hydroxyl groups is 2. The molecule has 75 heavy (non-hydrogen) atoms. The molecule has 13 nitrogen and oxygen atoms in total. The molecule has 6 fully saturated rings. The van der Waals surface area contributed by atoms with E-state index in [-0.39, 0.29) is 83.7 Å². The second-order valence-corrected chi connectivity index (χ2v) is 26.2. The van der Waals surface area contributed by atoms with Crippen molar-refractivity contribution in [1.82, 2.24) is 5.32 Å². The Morgan fingerprint density at radius 3 is 2.41 bits per heavy atom. The van der Waals surface area contributed by atoms with Gasteiger partial charge in [-0.25, -0.2) is 9.59 Å². The summed E-state index contributed by atoms with van der Waals surface area (Å²) in [5.41, 5.74) is 3.95. The highest BCUT2D eigenvalue weighted by atomic mass is 16.7. The van der Waals surface area contributed by atoms with Gasteiger partial charge in [-0.3, -0.25) is 9.59 Å². The second kappa shape index (κ2) is 21.5. The molecule has 0 unspecified atom stereocenters. The van der Waals surface area contributed by atoms with Crippen LogP contribution < -0.4 is 10.2 Å². The maximum Gasteiger partial charge on any atom is 0.508 e. The van der Waals surface area contributed by atoms with E-state index in [1.165, 1.54) is 22.3 Å². The molecular formula is C62H88N2O11. The number of nitrogens with zero attached hydrogens (tertiary/aromatic N) is 1. The first-order valence-electron chi connectivity index (χ1n) is 28.8. The minimum Gasteiger partial charge on any atom is -0.481 e. The van der Waals surface area contributed by atoms with Gasteiger partial charge in [0.2, 0.25) is 0 Å². The van der Waals surface area contributed by atoms with Crippen molar-refractivity contribution in [3.63, 3.8) is 0 Å². The summed E-state index contributed by atoms with van der Waals surface area (Å²) in [5.74, 6) is 7.33. The molecule has 16 atom stereocenters. The molecule has 0 heterocycles. The number of aliphatic hydroxyl groups excluding tert-OH is 1. The van der Waals surface area contributed by atoms with Crippen molar-refractivity contribution < 1.29 is 53.4 Å².